The lowest BCUT2D eigenvalue weighted by Gasteiger charge is -2.20. The zero-order valence-corrected chi connectivity index (χ0v) is 8.75. The average molecular weight is 240 g/mol. The first-order valence-electron chi connectivity index (χ1n) is 4.42. The van der Waals surface area contributed by atoms with E-state index in [1.54, 1.807) is 0 Å². The first-order valence-corrected chi connectivity index (χ1v) is 5.22. The summed E-state index contributed by atoms with van der Waals surface area (Å²) in [5, 5.41) is 3.16. The van der Waals surface area contributed by atoms with Gasteiger partial charge in [0.05, 0.1) is 0 Å². The SMILES string of the molecule is O=NC1CCCc2c(Br)cccc21. The molecule has 3 heteroatoms. The largest absolute Gasteiger partial charge is 0.150 e. The van der Waals surface area contributed by atoms with Gasteiger partial charge in [0.2, 0.25) is 0 Å². The molecule has 1 atom stereocenters. The Labute approximate surface area is 85.4 Å². The van der Waals surface area contributed by atoms with Crippen molar-refractivity contribution >= 4 is 15.9 Å². The molecule has 2 nitrogen and oxygen atoms in total. The number of rotatable bonds is 1. The molecule has 0 saturated carbocycles. The molecule has 2 rings (SSSR count). The molecule has 0 N–H and O–H groups in total. The second-order valence-electron chi connectivity index (χ2n) is 3.32. The number of fused-ring (bicyclic) bond motifs is 1. The summed E-state index contributed by atoms with van der Waals surface area (Å²) in [6, 6.07) is 5.87. The highest BCUT2D eigenvalue weighted by Crippen LogP contribution is 2.35. The highest BCUT2D eigenvalue weighted by molar-refractivity contribution is 9.10. The molecule has 68 valence electrons. The van der Waals surface area contributed by atoms with Gasteiger partial charge < -0.3 is 0 Å². The molecule has 0 radical (unpaired) electrons. The van der Waals surface area contributed by atoms with Crippen LogP contribution in [-0.2, 0) is 6.42 Å². The predicted molar refractivity (Wildman–Crippen MR) is 55.6 cm³/mol. The van der Waals surface area contributed by atoms with Gasteiger partial charge in [0.25, 0.3) is 0 Å². The molecule has 0 amide bonds. The maximum absolute atomic E-state index is 10.6. The fourth-order valence-electron chi connectivity index (χ4n) is 1.89. The van der Waals surface area contributed by atoms with Gasteiger partial charge in [-0.2, -0.15) is 4.91 Å². The molecule has 0 saturated heterocycles. The molecule has 1 aromatic carbocycles. The first-order chi connectivity index (χ1) is 6.33. The van der Waals surface area contributed by atoms with Crippen LogP contribution in [0.4, 0.5) is 0 Å². The van der Waals surface area contributed by atoms with E-state index in [0.717, 1.165) is 29.3 Å². The highest BCUT2D eigenvalue weighted by atomic mass is 79.9. The summed E-state index contributed by atoms with van der Waals surface area (Å²) >= 11 is 3.49. The van der Waals surface area contributed by atoms with E-state index in [1.165, 1.54) is 5.56 Å². The van der Waals surface area contributed by atoms with Crippen LogP contribution in [0.25, 0.3) is 0 Å². The Morgan fingerprint density at radius 3 is 3.08 bits per heavy atom. The van der Waals surface area contributed by atoms with Crippen LogP contribution in [0, 0.1) is 4.91 Å². The topological polar surface area (TPSA) is 29.4 Å². The van der Waals surface area contributed by atoms with Crippen LogP contribution in [0.2, 0.25) is 0 Å². The molecule has 13 heavy (non-hydrogen) atoms. The standard InChI is InChI=1S/C10H10BrNO/c11-9-5-1-4-8-7(9)3-2-6-10(8)12-13/h1,4-5,10H,2-3,6H2. The number of hydrogen-bond acceptors (Lipinski definition) is 2. The minimum atomic E-state index is -0.124. The van der Waals surface area contributed by atoms with E-state index < -0.39 is 0 Å². The lowest BCUT2D eigenvalue weighted by Crippen LogP contribution is -2.07. The molecule has 0 fully saturated rings. The average Bonchev–Trinajstić information content (AvgIpc) is 2.18. The van der Waals surface area contributed by atoms with E-state index in [1.807, 2.05) is 18.2 Å². The zero-order valence-electron chi connectivity index (χ0n) is 7.16. The number of halogens is 1. The molecule has 1 unspecified atom stereocenters. The van der Waals surface area contributed by atoms with Gasteiger partial charge in [-0.15, -0.1) is 0 Å². The normalized spacial score (nSPS) is 20.8. The Hall–Kier alpha value is -0.700. The predicted octanol–water partition coefficient (Wildman–Crippen LogP) is 3.59. The van der Waals surface area contributed by atoms with Gasteiger partial charge in [-0.3, -0.25) is 0 Å². The van der Waals surface area contributed by atoms with E-state index in [9.17, 15) is 4.91 Å². The van der Waals surface area contributed by atoms with Crippen molar-refractivity contribution < 1.29 is 0 Å². The Morgan fingerprint density at radius 2 is 2.31 bits per heavy atom. The van der Waals surface area contributed by atoms with Crippen molar-refractivity contribution in [2.24, 2.45) is 5.18 Å². The minimum absolute atomic E-state index is 0.124. The quantitative estimate of drug-likeness (QED) is 0.689. The van der Waals surface area contributed by atoms with Crippen LogP contribution in [0.5, 0.6) is 0 Å². The van der Waals surface area contributed by atoms with Crippen LogP contribution in [0.1, 0.15) is 30.0 Å². The molecule has 0 aromatic heterocycles. The van der Waals surface area contributed by atoms with Gasteiger partial charge >= 0.3 is 0 Å². The third-order valence-electron chi connectivity index (χ3n) is 2.55. The first kappa shape index (κ1) is 8.88. The Balaban J connectivity index is 2.51. The van der Waals surface area contributed by atoms with Gasteiger partial charge in [0.1, 0.15) is 6.04 Å². The van der Waals surface area contributed by atoms with E-state index >= 15 is 0 Å². The number of nitrogens with zero attached hydrogens (tertiary/aromatic N) is 1. The van der Waals surface area contributed by atoms with Crippen molar-refractivity contribution in [2.45, 2.75) is 25.3 Å². The lowest BCUT2D eigenvalue weighted by molar-refractivity contribution is 0.568. The fraction of sp³-hybridized carbons (Fsp3) is 0.400. The van der Waals surface area contributed by atoms with Crippen LogP contribution in [0.15, 0.2) is 27.8 Å². The van der Waals surface area contributed by atoms with Crippen molar-refractivity contribution in [3.05, 3.63) is 38.7 Å². The smallest absolute Gasteiger partial charge is 0.117 e. The van der Waals surface area contributed by atoms with Gasteiger partial charge in [-0.1, -0.05) is 33.2 Å². The van der Waals surface area contributed by atoms with Gasteiger partial charge in [-0.25, -0.2) is 0 Å². The fourth-order valence-corrected chi connectivity index (χ4v) is 2.47. The molecular weight excluding hydrogens is 230 g/mol. The molecule has 0 heterocycles. The van der Waals surface area contributed by atoms with Gasteiger partial charge in [0.15, 0.2) is 0 Å². The molecule has 0 bridgehead atoms. The Bertz CT molecular complexity index is 338. The lowest BCUT2D eigenvalue weighted by atomic mass is 9.88. The zero-order chi connectivity index (χ0) is 9.26. The van der Waals surface area contributed by atoms with E-state index in [-0.39, 0.29) is 6.04 Å². The van der Waals surface area contributed by atoms with Crippen molar-refractivity contribution in [1.29, 1.82) is 0 Å². The van der Waals surface area contributed by atoms with Gasteiger partial charge in [0, 0.05) is 4.47 Å². The number of nitroso groups, excluding NO2 is 1. The van der Waals surface area contributed by atoms with E-state index in [0.29, 0.717) is 0 Å². The number of benzene rings is 1. The maximum Gasteiger partial charge on any atom is 0.117 e. The van der Waals surface area contributed by atoms with Crippen molar-refractivity contribution in [3.63, 3.8) is 0 Å². The monoisotopic (exact) mass is 239 g/mol. The Kier molecular flexibility index (Phi) is 2.44. The number of hydrogen-bond donors (Lipinski definition) is 0. The van der Waals surface area contributed by atoms with Crippen molar-refractivity contribution in [2.75, 3.05) is 0 Å². The third kappa shape index (κ3) is 1.53. The highest BCUT2D eigenvalue weighted by Gasteiger charge is 2.21. The summed E-state index contributed by atoms with van der Waals surface area (Å²) < 4.78 is 1.11. The molecule has 1 aromatic rings. The second-order valence-corrected chi connectivity index (χ2v) is 4.18. The summed E-state index contributed by atoms with van der Waals surface area (Å²) in [4.78, 5) is 10.6. The summed E-state index contributed by atoms with van der Waals surface area (Å²) in [5.74, 6) is 0. The molecule has 0 aliphatic heterocycles. The van der Waals surface area contributed by atoms with Crippen LogP contribution in [-0.4, -0.2) is 0 Å². The summed E-state index contributed by atoms with van der Waals surface area (Å²) in [5.41, 5.74) is 2.37. The molecule has 1 aliphatic rings. The van der Waals surface area contributed by atoms with Crippen LogP contribution in [0.3, 0.4) is 0 Å². The summed E-state index contributed by atoms with van der Waals surface area (Å²) in [6.07, 6.45) is 3.02. The third-order valence-corrected chi connectivity index (χ3v) is 3.29. The molecular formula is C10H10BrNO. The molecule has 0 spiro atoms. The van der Waals surface area contributed by atoms with Crippen LogP contribution < -0.4 is 0 Å². The van der Waals surface area contributed by atoms with E-state index in [4.69, 9.17) is 0 Å². The van der Waals surface area contributed by atoms with Gasteiger partial charge in [-0.05, 0) is 36.5 Å². The van der Waals surface area contributed by atoms with Crippen LogP contribution >= 0.6 is 15.9 Å². The second kappa shape index (κ2) is 3.58. The molecule has 1 aliphatic carbocycles. The van der Waals surface area contributed by atoms with Crippen molar-refractivity contribution in [1.82, 2.24) is 0 Å². The van der Waals surface area contributed by atoms with E-state index in [2.05, 4.69) is 21.1 Å². The minimum Gasteiger partial charge on any atom is -0.150 e. The van der Waals surface area contributed by atoms with Crippen molar-refractivity contribution in [3.8, 4) is 0 Å². The maximum atomic E-state index is 10.6. The summed E-state index contributed by atoms with van der Waals surface area (Å²) in [7, 11) is 0. The Morgan fingerprint density at radius 1 is 1.46 bits per heavy atom. The summed E-state index contributed by atoms with van der Waals surface area (Å²) in [6.45, 7) is 0.